The lowest BCUT2D eigenvalue weighted by Crippen LogP contribution is -2.51. The molecule has 1 N–H and O–H groups in total. The summed E-state index contributed by atoms with van der Waals surface area (Å²) in [5, 5.41) is 7.07. The maximum absolute atomic E-state index is 12.4. The van der Waals surface area contributed by atoms with Gasteiger partial charge in [-0.15, -0.1) is 0 Å². The van der Waals surface area contributed by atoms with Crippen LogP contribution in [0.2, 0.25) is 0 Å². The summed E-state index contributed by atoms with van der Waals surface area (Å²) in [6.45, 7) is 4.37. The lowest BCUT2D eigenvalue weighted by molar-refractivity contribution is -0.134. The number of para-hydroxylation sites is 2. The Labute approximate surface area is 129 Å². The summed E-state index contributed by atoms with van der Waals surface area (Å²) in [6, 6.07) is 9.16. The second-order valence-corrected chi connectivity index (χ2v) is 5.45. The first-order valence-corrected chi connectivity index (χ1v) is 7.33. The lowest BCUT2D eigenvalue weighted by atomic mass is 10.1. The summed E-state index contributed by atoms with van der Waals surface area (Å²) in [5.41, 5.74) is 0. The Balaban J connectivity index is 1.62. The van der Waals surface area contributed by atoms with E-state index in [4.69, 9.17) is 9.47 Å². The molecule has 0 aliphatic carbocycles. The topological polar surface area (TPSA) is 65.4 Å². The van der Waals surface area contributed by atoms with Gasteiger partial charge in [-0.2, -0.15) is 5.10 Å². The van der Waals surface area contributed by atoms with Crippen molar-refractivity contribution in [2.24, 2.45) is 0 Å². The highest BCUT2D eigenvalue weighted by Gasteiger charge is 2.34. The molecule has 0 saturated heterocycles. The average molecular weight is 301 g/mol. The fraction of sp³-hybridized carbons (Fsp3) is 0.375. The first kappa shape index (κ1) is 14.4. The SMILES string of the molecule is C[C@H](Cn1cccn1)NC(=O)[C@@H]1Oc2ccccc2O[C@@H]1C. The monoisotopic (exact) mass is 301 g/mol. The van der Waals surface area contributed by atoms with Gasteiger partial charge in [0.25, 0.3) is 5.91 Å². The normalized spacial score (nSPS) is 21.2. The molecule has 3 atom stereocenters. The van der Waals surface area contributed by atoms with Crippen LogP contribution >= 0.6 is 0 Å². The molecule has 22 heavy (non-hydrogen) atoms. The van der Waals surface area contributed by atoms with Crippen molar-refractivity contribution in [1.82, 2.24) is 15.1 Å². The molecule has 116 valence electrons. The van der Waals surface area contributed by atoms with Crippen LogP contribution in [0.1, 0.15) is 13.8 Å². The van der Waals surface area contributed by atoms with Gasteiger partial charge in [-0.3, -0.25) is 9.48 Å². The second-order valence-electron chi connectivity index (χ2n) is 5.45. The molecule has 0 radical (unpaired) electrons. The molecule has 6 heteroatoms. The van der Waals surface area contributed by atoms with Crippen LogP contribution in [-0.2, 0) is 11.3 Å². The minimum Gasteiger partial charge on any atom is -0.482 e. The van der Waals surface area contributed by atoms with Crippen molar-refractivity contribution in [3.63, 3.8) is 0 Å². The number of carbonyl (C=O) groups is 1. The summed E-state index contributed by atoms with van der Waals surface area (Å²) in [5.74, 6) is 1.09. The Morgan fingerprint density at radius 2 is 2.05 bits per heavy atom. The molecule has 3 rings (SSSR count). The number of aromatic nitrogens is 2. The highest BCUT2D eigenvalue weighted by molar-refractivity contribution is 5.82. The molecule has 1 aromatic heterocycles. The average Bonchev–Trinajstić information content (AvgIpc) is 2.99. The van der Waals surface area contributed by atoms with Crippen molar-refractivity contribution in [2.75, 3.05) is 0 Å². The van der Waals surface area contributed by atoms with E-state index in [0.29, 0.717) is 18.0 Å². The molecule has 2 aromatic rings. The van der Waals surface area contributed by atoms with Gasteiger partial charge in [-0.05, 0) is 32.0 Å². The standard InChI is InChI=1S/C16H19N3O3/c1-11(10-19-9-5-8-17-19)18-16(20)15-12(2)21-13-6-3-4-7-14(13)22-15/h3-9,11-12,15H,10H2,1-2H3,(H,18,20)/t11-,12-,15-/m1/s1. The summed E-state index contributed by atoms with van der Waals surface area (Å²) >= 11 is 0. The zero-order valence-corrected chi connectivity index (χ0v) is 12.6. The molecule has 1 amide bonds. The Morgan fingerprint density at radius 3 is 2.73 bits per heavy atom. The first-order valence-electron chi connectivity index (χ1n) is 7.33. The van der Waals surface area contributed by atoms with Crippen LogP contribution in [0.3, 0.4) is 0 Å². The molecular weight excluding hydrogens is 282 g/mol. The van der Waals surface area contributed by atoms with Gasteiger partial charge >= 0.3 is 0 Å². The van der Waals surface area contributed by atoms with Crippen molar-refractivity contribution < 1.29 is 14.3 Å². The molecule has 6 nitrogen and oxygen atoms in total. The Hall–Kier alpha value is -2.50. The minimum absolute atomic E-state index is 0.0552. The first-order chi connectivity index (χ1) is 10.6. The molecule has 1 aromatic carbocycles. The number of hydrogen-bond acceptors (Lipinski definition) is 4. The molecule has 0 bridgehead atoms. The van der Waals surface area contributed by atoms with E-state index in [1.54, 1.807) is 16.9 Å². The third kappa shape index (κ3) is 3.05. The molecular formula is C16H19N3O3. The van der Waals surface area contributed by atoms with Gasteiger partial charge < -0.3 is 14.8 Å². The van der Waals surface area contributed by atoms with Crippen LogP contribution in [-0.4, -0.2) is 33.9 Å². The molecule has 2 heterocycles. The maximum Gasteiger partial charge on any atom is 0.265 e. The highest BCUT2D eigenvalue weighted by atomic mass is 16.6. The van der Waals surface area contributed by atoms with Crippen molar-refractivity contribution in [3.8, 4) is 11.5 Å². The predicted octanol–water partition coefficient (Wildman–Crippen LogP) is 1.62. The molecule has 0 saturated carbocycles. The number of hydrogen-bond donors (Lipinski definition) is 1. The van der Waals surface area contributed by atoms with E-state index in [-0.39, 0.29) is 18.1 Å². The number of nitrogens with one attached hydrogen (secondary N) is 1. The number of carbonyl (C=O) groups excluding carboxylic acids is 1. The number of benzene rings is 1. The number of ether oxygens (including phenoxy) is 2. The van der Waals surface area contributed by atoms with Gasteiger partial charge in [-0.1, -0.05) is 12.1 Å². The molecule has 0 unspecified atom stereocenters. The smallest absolute Gasteiger partial charge is 0.265 e. The number of rotatable bonds is 4. The molecule has 0 fully saturated rings. The summed E-state index contributed by atoms with van der Waals surface area (Å²) in [4.78, 5) is 12.4. The maximum atomic E-state index is 12.4. The van der Waals surface area contributed by atoms with Gasteiger partial charge in [0.2, 0.25) is 6.10 Å². The van der Waals surface area contributed by atoms with Gasteiger partial charge in [-0.25, -0.2) is 0 Å². The van der Waals surface area contributed by atoms with E-state index in [1.807, 2.05) is 44.3 Å². The lowest BCUT2D eigenvalue weighted by Gasteiger charge is -2.31. The Morgan fingerprint density at radius 1 is 1.32 bits per heavy atom. The van der Waals surface area contributed by atoms with Gasteiger partial charge in [0, 0.05) is 18.4 Å². The Bertz CT molecular complexity index is 642. The largest absolute Gasteiger partial charge is 0.482 e. The quantitative estimate of drug-likeness (QED) is 0.932. The Kier molecular flexibility index (Phi) is 4.00. The molecule has 1 aliphatic heterocycles. The zero-order valence-electron chi connectivity index (χ0n) is 12.6. The summed E-state index contributed by atoms with van der Waals surface area (Å²) in [6.07, 6.45) is 2.58. The van der Waals surface area contributed by atoms with Gasteiger partial charge in [0.15, 0.2) is 11.5 Å². The fourth-order valence-corrected chi connectivity index (χ4v) is 2.47. The van der Waals surface area contributed by atoms with Crippen molar-refractivity contribution in [1.29, 1.82) is 0 Å². The van der Waals surface area contributed by atoms with Crippen LogP contribution in [0.4, 0.5) is 0 Å². The number of nitrogens with zero attached hydrogens (tertiary/aromatic N) is 2. The molecule has 0 spiro atoms. The van der Waals surface area contributed by atoms with Crippen LogP contribution < -0.4 is 14.8 Å². The summed E-state index contributed by atoms with van der Waals surface area (Å²) < 4.78 is 13.3. The van der Waals surface area contributed by atoms with Crippen LogP contribution in [0.15, 0.2) is 42.7 Å². The predicted molar refractivity (Wildman–Crippen MR) is 80.8 cm³/mol. The van der Waals surface area contributed by atoms with Crippen molar-refractivity contribution in [3.05, 3.63) is 42.7 Å². The van der Waals surface area contributed by atoms with Crippen LogP contribution in [0.25, 0.3) is 0 Å². The van der Waals surface area contributed by atoms with E-state index in [9.17, 15) is 4.79 Å². The van der Waals surface area contributed by atoms with E-state index in [1.165, 1.54) is 0 Å². The van der Waals surface area contributed by atoms with Crippen LogP contribution in [0, 0.1) is 0 Å². The van der Waals surface area contributed by atoms with E-state index in [2.05, 4.69) is 10.4 Å². The minimum atomic E-state index is -0.657. The van der Waals surface area contributed by atoms with Gasteiger partial charge in [0.05, 0.1) is 6.54 Å². The van der Waals surface area contributed by atoms with Crippen molar-refractivity contribution >= 4 is 5.91 Å². The van der Waals surface area contributed by atoms with Gasteiger partial charge in [0.1, 0.15) is 6.10 Å². The van der Waals surface area contributed by atoms with E-state index in [0.717, 1.165) is 0 Å². The summed E-state index contributed by atoms with van der Waals surface area (Å²) in [7, 11) is 0. The fourth-order valence-electron chi connectivity index (χ4n) is 2.47. The number of fused-ring (bicyclic) bond motifs is 1. The third-order valence-corrected chi connectivity index (χ3v) is 3.51. The number of amides is 1. The second kappa shape index (κ2) is 6.09. The highest BCUT2D eigenvalue weighted by Crippen LogP contribution is 2.33. The van der Waals surface area contributed by atoms with Crippen molar-refractivity contribution in [2.45, 2.75) is 38.6 Å². The van der Waals surface area contributed by atoms with Crippen LogP contribution in [0.5, 0.6) is 11.5 Å². The zero-order chi connectivity index (χ0) is 15.5. The molecule has 1 aliphatic rings. The van der Waals surface area contributed by atoms with E-state index >= 15 is 0 Å². The third-order valence-electron chi connectivity index (χ3n) is 3.51. The van der Waals surface area contributed by atoms with E-state index < -0.39 is 6.10 Å².